The highest BCUT2D eigenvalue weighted by molar-refractivity contribution is 7.99. The summed E-state index contributed by atoms with van der Waals surface area (Å²) < 4.78 is 2.13. The van der Waals surface area contributed by atoms with Gasteiger partial charge in [-0.25, -0.2) is 4.98 Å². The summed E-state index contributed by atoms with van der Waals surface area (Å²) in [5.41, 5.74) is 2.08. The van der Waals surface area contributed by atoms with E-state index in [2.05, 4.69) is 29.5 Å². The predicted molar refractivity (Wildman–Crippen MR) is 105 cm³/mol. The first kappa shape index (κ1) is 18.5. The minimum absolute atomic E-state index is 0.254. The molecular weight excluding hydrogens is 364 g/mol. The molecule has 2 heterocycles. The molecule has 0 aliphatic rings. The maximum atomic E-state index is 9.24. The molecule has 0 bridgehead atoms. The second kappa shape index (κ2) is 8.39. The lowest BCUT2D eigenvalue weighted by Gasteiger charge is -2.13. The number of nitriles is 1. The molecule has 2 aromatic heterocycles. The van der Waals surface area contributed by atoms with E-state index in [1.54, 1.807) is 18.0 Å². The van der Waals surface area contributed by atoms with Crippen molar-refractivity contribution in [3.63, 3.8) is 0 Å². The molecule has 0 amide bonds. The zero-order chi connectivity index (χ0) is 18.5. The van der Waals surface area contributed by atoms with Crippen LogP contribution in [0.1, 0.15) is 36.8 Å². The number of benzene rings is 1. The van der Waals surface area contributed by atoms with Crippen LogP contribution in [0.3, 0.4) is 0 Å². The van der Waals surface area contributed by atoms with Crippen LogP contribution in [-0.4, -0.2) is 14.5 Å². The molecule has 0 N–H and O–H groups in total. The van der Waals surface area contributed by atoms with Crippen molar-refractivity contribution in [3.05, 3.63) is 70.9 Å². The maximum absolute atomic E-state index is 9.24. The van der Waals surface area contributed by atoms with Crippen LogP contribution in [0.4, 0.5) is 0 Å². The maximum Gasteiger partial charge on any atom is 0.124 e. The van der Waals surface area contributed by atoms with Crippen molar-refractivity contribution in [1.29, 1.82) is 5.26 Å². The Bertz CT molecular complexity index is 929. The number of aromatic nitrogens is 3. The number of hydrogen-bond acceptors (Lipinski definition) is 4. The van der Waals surface area contributed by atoms with Gasteiger partial charge in [0.05, 0.1) is 24.7 Å². The molecule has 0 saturated carbocycles. The molecule has 132 valence electrons. The minimum atomic E-state index is 0.254. The van der Waals surface area contributed by atoms with Gasteiger partial charge in [0.1, 0.15) is 10.9 Å². The lowest BCUT2D eigenvalue weighted by molar-refractivity contribution is 0.679. The van der Waals surface area contributed by atoms with Crippen LogP contribution in [0.25, 0.3) is 0 Å². The summed E-state index contributed by atoms with van der Waals surface area (Å²) in [7, 11) is 0. The Kier molecular flexibility index (Phi) is 5.97. The Morgan fingerprint density at radius 3 is 2.77 bits per heavy atom. The molecule has 4 nitrogen and oxygen atoms in total. The van der Waals surface area contributed by atoms with Crippen molar-refractivity contribution in [2.75, 3.05) is 0 Å². The van der Waals surface area contributed by atoms with Crippen molar-refractivity contribution in [2.24, 2.45) is 0 Å². The molecule has 0 unspecified atom stereocenters. The van der Waals surface area contributed by atoms with E-state index < -0.39 is 0 Å². The van der Waals surface area contributed by atoms with Gasteiger partial charge in [-0.1, -0.05) is 49.3 Å². The van der Waals surface area contributed by atoms with Gasteiger partial charge in [0.25, 0.3) is 0 Å². The lowest BCUT2D eigenvalue weighted by Crippen LogP contribution is -2.06. The molecule has 0 radical (unpaired) electrons. The van der Waals surface area contributed by atoms with E-state index in [9.17, 15) is 5.26 Å². The molecule has 3 rings (SSSR count). The van der Waals surface area contributed by atoms with Crippen molar-refractivity contribution in [1.82, 2.24) is 14.5 Å². The van der Waals surface area contributed by atoms with Gasteiger partial charge in [-0.05, 0) is 35.7 Å². The van der Waals surface area contributed by atoms with Gasteiger partial charge in [-0.15, -0.1) is 0 Å². The number of pyridine rings is 1. The molecule has 0 atom stereocenters. The molecule has 0 aliphatic carbocycles. The third-order valence-electron chi connectivity index (χ3n) is 3.88. The SMILES string of the molecule is CC(C)c1nc(CC#N)n(Cc2cccnc2)c1Sc1cccc(Cl)c1. The first-order valence-electron chi connectivity index (χ1n) is 8.37. The molecule has 3 aromatic rings. The van der Waals surface area contributed by atoms with Crippen molar-refractivity contribution >= 4 is 23.4 Å². The Hall–Kier alpha value is -2.29. The first-order chi connectivity index (χ1) is 12.6. The van der Waals surface area contributed by atoms with Crippen LogP contribution in [0.5, 0.6) is 0 Å². The summed E-state index contributed by atoms with van der Waals surface area (Å²) in [6.45, 7) is 4.87. The summed E-state index contributed by atoms with van der Waals surface area (Å²) in [5.74, 6) is 1.04. The number of imidazole rings is 1. The van der Waals surface area contributed by atoms with Gasteiger partial charge in [-0.2, -0.15) is 5.26 Å². The number of nitrogens with zero attached hydrogens (tertiary/aromatic N) is 4. The van der Waals surface area contributed by atoms with E-state index in [-0.39, 0.29) is 12.3 Å². The summed E-state index contributed by atoms with van der Waals surface area (Å²) in [4.78, 5) is 10.0. The zero-order valence-electron chi connectivity index (χ0n) is 14.7. The lowest BCUT2D eigenvalue weighted by atomic mass is 10.1. The first-order valence-corrected chi connectivity index (χ1v) is 9.56. The third kappa shape index (κ3) is 4.27. The van der Waals surface area contributed by atoms with Gasteiger partial charge in [0.15, 0.2) is 0 Å². The summed E-state index contributed by atoms with van der Waals surface area (Å²) in [6.07, 6.45) is 3.88. The van der Waals surface area contributed by atoms with Crippen LogP contribution in [-0.2, 0) is 13.0 Å². The molecule has 1 aromatic carbocycles. The topological polar surface area (TPSA) is 54.5 Å². The largest absolute Gasteiger partial charge is 0.317 e. The van der Waals surface area contributed by atoms with Crippen LogP contribution in [0.2, 0.25) is 5.02 Å². The summed E-state index contributed by atoms with van der Waals surface area (Å²) in [5, 5.41) is 11.0. The van der Waals surface area contributed by atoms with Gasteiger partial charge in [-0.3, -0.25) is 4.98 Å². The fourth-order valence-electron chi connectivity index (χ4n) is 2.67. The Labute approximate surface area is 162 Å². The third-order valence-corrected chi connectivity index (χ3v) is 5.23. The van der Waals surface area contributed by atoms with Crippen molar-refractivity contribution in [3.8, 4) is 6.07 Å². The highest BCUT2D eigenvalue weighted by atomic mass is 35.5. The molecule has 6 heteroatoms. The molecule has 0 spiro atoms. The Morgan fingerprint density at radius 1 is 1.27 bits per heavy atom. The standard InChI is InChI=1S/C20H19ClN4S/c1-14(2)19-20(26-17-7-3-6-16(21)11-17)25(18(24-19)8-9-22)13-15-5-4-10-23-12-15/h3-7,10-12,14H,8,13H2,1-2H3. The second-order valence-corrected chi connectivity index (χ2v) is 7.71. The monoisotopic (exact) mass is 382 g/mol. The number of halogens is 1. The smallest absolute Gasteiger partial charge is 0.124 e. The van der Waals surface area contributed by atoms with Gasteiger partial charge < -0.3 is 4.57 Å². The van der Waals surface area contributed by atoms with E-state index in [1.807, 2.05) is 42.6 Å². The summed E-state index contributed by atoms with van der Waals surface area (Å²) >= 11 is 7.79. The van der Waals surface area contributed by atoms with Crippen LogP contribution >= 0.6 is 23.4 Å². The fourth-order valence-corrected chi connectivity index (χ4v) is 4.15. The van der Waals surface area contributed by atoms with Gasteiger partial charge >= 0.3 is 0 Å². The molecule has 26 heavy (non-hydrogen) atoms. The molecule has 0 aliphatic heterocycles. The number of hydrogen-bond donors (Lipinski definition) is 0. The quantitative estimate of drug-likeness (QED) is 0.578. The number of rotatable bonds is 6. The van der Waals surface area contributed by atoms with E-state index in [4.69, 9.17) is 16.6 Å². The summed E-state index contributed by atoms with van der Waals surface area (Å²) in [6, 6.07) is 14.0. The highest BCUT2D eigenvalue weighted by Crippen LogP contribution is 2.36. The van der Waals surface area contributed by atoms with Gasteiger partial charge in [0, 0.05) is 22.3 Å². The minimum Gasteiger partial charge on any atom is -0.317 e. The van der Waals surface area contributed by atoms with Crippen LogP contribution in [0.15, 0.2) is 58.7 Å². The second-order valence-electron chi connectivity index (χ2n) is 6.21. The normalized spacial score (nSPS) is 10.9. The highest BCUT2D eigenvalue weighted by Gasteiger charge is 2.20. The Morgan fingerprint density at radius 2 is 2.12 bits per heavy atom. The average Bonchev–Trinajstić information content (AvgIpc) is 2.94. The van der Waals surface area contributed by atoms with E-state index in [0.29, 0.717) is 11.6 Å². The van der Waals surface area contributed by atoms with E-state index >= 15 is 0 Å². The molecule has 0 saturated heterocycles. The van der Waals surface area contributed by atoms with Crippen molar-refractivity contribution in [2.45, 2.75) is 42.7 Å². The van der Waals surface area contributed by atoms with Gasteiger partial charge in [0.2, 0.25) is 0 Å². The Balaban J connectivity index is 2.08. The van der Waals surface area contributed by atoms with E-state index in [0.717, 1.165) is 27.0 Å². The fraction of sp³-hybridized carbons (Fsp3) is 0.250. The van der Waals surface area contributed by atoms with E-state index in [1.165, 1.54) is 0 Å². The van der Waals surface area contributed by atoms with Crippen molar-refractivity contribution < 1.29 is 0 Å². The van der Waals surface area contributed by atoms with Crippen LogP contribution < -0.4 is 0 Å². The molecule has 0 fully saturated rings. The molecular formula is C20H19ClN4S. The van der Waals surface area contributed by atoms with Crippen LogP contribution in [0, 0.1) is 11.3 Å². The average molecular weight is 383 g/mol. The predicted octanol–water partition coefficient (Wildman–Crippen LogP) is 5.32. The zero-order valence-corrected chi connectivity index (χ0v) is 16.3.